The molecule has 25 heavy (non-hydrogen) atoms. The number of rotatable bonds is 11. The zero-order valence-electron chi connectivity index (χ0n) is 14.6. The molecule has 10 heteroatoms. The third kappa shape index (κ3) is 9.01. The van der Waals surface area contributed by atoms with Crippen molar-refractivity contribution in [3.63, 3.8) is 0 Å². The van der Waals surface area contributed by atoms with E-state index in [1.807, 2.05) is 0 Å². The number of aliphatic hydroxyl groups is 1. The molecule has 0 saturated carbocycles. The lowest BCUT2D eigenvalue weighted by Crippen LogP contribution is -2.56. The zero-order valence-corrected chi connectivity index (χ0v) is 14.6. The Kier molecular flexibility index (Phi) is 9.69. The zero-order chi connectivity index (χ0) is 19.7. The normalized spacial score (nSPS) is 15.8. The van der Waals surface area contributed by atoms with Crippen LogP contribution in [0.4, 0.5) is 0 Å². The quantitative estimate of drug-likeness (QED) is 0.261. The van der Waals surface area contributed by atoms with E-state index in [9.17, 15) is 24.3 Å². The number of aliphatic carboxylic acids is 2. The van der Waals surface area contributed by atoms with Crippen molar-refractivity contribution in [2.24, 2.45) is 11.7 Å². The molecular formula is C15H27N3O7. The van der Waals surface area contributed by atoms with E-state index in [0.717, 1.165) is 0 Å². The van der Waals surface area contributed by atoms with Crippen LogP contribution in [0.5, 0.6) is 0 Å². The van der Waals surface area contributed by atoms with Gasteiger partial charge in [0.05, 0.1) is 6.10 Å². The molecule has 0 saturated heterocycles. The van der Waals surface area contributed by atoms with E-state index in [0.29, 0.717) is 0 Å². The second-order valence-corrected chi connectivity index (χ2v) is 6.29. The fourth-order valence-electron chi connectivity index (χ4n) is 1.99. The third-order valence-corrected chi connectivity index (χ3v) is 3.42. The highest BCUT2D eigenvalue weighted by Crippen LogP contribution is 2.07. The van der Waals surface area contributed by atoms with Gasteiger partial charge in [-0.1, -0.05) is 13.8 Å². The number of carbonyl (C=O) groups is 4. The summed E-state index contributed by atoms with van der Waals surface area (Å²) in [6.45, 7) is 4.86. The summed E-state index contributed by atoms with van der Waals surface area (Å²) < 4.78 is 0. The predicted octanol–water partition coefficient (Wildman–Crippen LogP) is -1.34. The summed E-state index contributed by atoms with van der Waals surface area (Å²) in [5.74, 6) is -4.07. The fraction of sp³-hybridized carbons (Fsp3) is 0.733. The Labute approximate surface area is 145 Å². The molecule has 0 aliphatic carbocycles. The molecule has 2 amide bonds. The number of hydrogen-bond acceptors (Lipinski definition) is 6. The molecule has 0 aliphatic heterocycles. The van der Waals surface area contributed by atoms with Gasteiger partial charge in [-0.05, 0) is 25.7 Å². The van der Waals surface area contributed by atoms with Gasteiger partial charge in [0, 0.05) is 6.42 Å². The average Bonchev–Trinajstić information content (AvgIpc) is 2.48. The molecule has 0 spiro atoms. The van der Waals surface area contributed by atoms with Crippen molar-refractivity contribution in [2.45, 2.75) is 64.3 Å². The van der Waals surface area contributed by atoms with Crippen molar-refractivity contribution in [2.75, 3.05) is 0 Å². The summed E-state index contributed by atoms with van der Waals surface area (Å²) in [7, 11) is 0. The van der Waals surface area contributed by atoms with Gasteiger partial charge in [0.25, 0.3) is 0 Å². The van der Waals surface area contributed by atoms with Crippen molar-refractivity contribution < 1.29 is 34.5 Å². The topological polar surface area (TPSA) is 179 Å². The molecule has 4 unspecified atom stereocenters. The Hall–Kier alpha value is -2.20. The predicted molar refractivity (Wildman–Crippen MR) is 87.5 cm³/mol. The molecule has 0 aromatic rings. The molecule has 0 heterocycles. The SMILES string of the molecule is CC(C)CC(NC(=O)C(CCC(=O)O)NC(=O)C(N)C(C)O)C(=O)O. The minimum atomic E-state index is -1.30. The van der Waals surface area contributed by atoms with Gasteiger partial charge in [-0.15, -0.1) is 0 Å². The fourth-order valence-corrected chi connectivity index (χ4v) is 1.99. The van der Waals surface area contributed by atoms with Gasteiger partial charge in [0.1, 0.15) is 18.1 Å². The first-order valence-corrected chi connectivity index (χ1v) is 7.94. The summed E-state index contributed by atoms with van der Waals surface area (Å²) >= 11 is 0. The van der Waals surface area contributed by atoms with E-state index in [4.69, 9.17) is 15.9 Å². The van der Waals surface area contributed by atoms with Gasteiger partial charge < -0.3 is 31.7 Å². The van der Waals surface area contributed by atoms with E-state index < -0.39 is 54.4 Å². The molecule has 0 fully saturated rings. The van der Waals surface area contributed by atoms with Gasteiger partial charge in [0.15, 0.2) is 0 Å². The number of aliphatic hydroxyl groups excluding tert-OH is 1. The second kappa shape index (κ2) is 10.6. The Balaban J connectivity index is 5.10. The number of nitrogens with two attached hydrogens (primary N) is 1. The van der Waals surface area contributed by atoms with E-state index in [-0.39, 0.29) is 18.8 Å². The third-order valence-electron chi connectivity index (χ3n) is 3.42. The summed E-state index contributed by atoms with van der Waals surface area (Å²) in [4.78, 5) is 46.2. The van der Waals surface area contributed by atoms with Crippen LogP contribution in [0.15, 0.2) is 0 Å². The monoisotopic (exact) mass is 361 g/mol. The Bertz CT molecular complexity index is 494. The van der Waals surface area contributed by atoms with Crippen LogP contribution in [0.2, 0.25) is 0 Å². The van der Waals surface area contributed by atoms with Crippen molar-refractivity contribution in [1.29, 1.82) is 0 Å². The highest BCUT2D eigenvalue weighted by Gasteiger charge is 2.29. The minimum absolute atomic E-state index is 0.00267. The highest BCUT2D eigenvalue weighted by atomic mass is 16.4. The van der Waals surface area contributed by atoms with Crippen LogP contribution in [0.3, 0.4) is 0 Å². The summed E-state index contributed by atoms with van der Waals surface area (Å²) in [6.07, 6.45) is -1.65. The molecule has 10 nitrogen and oxygen atoms in total. The van der Waals surface area contributed by atoms with E-state index in [1.54, 1.807) is 13.8 Å². The maximum absolute atomic E-state index is 12.3. The van der Waals surface area contributed by atoms with Gasteiger partial charge in [0.2, 0.25) is 11.8 Å². The van der Waals surface area contributed by atoms with Crippen LogP contribution >= 0.6 is 0 Å². The van der Waals surface area contributed by atoms with Gasteiger partial charge in [-0.25, -0.2) is 4.79 Å². The van der Waals surface area contributed by atoms with Gasteiger partial charge in [-0.3, -0.25) is 14.4 Å². The van der Waals surface area contributed by atoms with Crippen molar-refractivity contribution >= 4 is 23.8 Å². The number of amides is 2. The molecule has 7 N–H and O–H groups in total. The Morgan fingerprint density at radius 1 is 0.960 bits per heavy atom. The molecule has 0 aromatic heterocycles. The molecule has 0 aliphatic rings. The lowest BCUT2D eigenvalue weighted by molar-refractivity contribution is -0.143. The molecule has 144 valence electrons. The van der Waals surface area contributed by atoms with Gasteiger partial charge in [-0.2, -0.15) is 0 Å². The number of carboxylic acid groups (broad SMARTS) is 2. The highest BCUT2D eigenvalue weighted by molar-refractivity contribution is 5.92. The van der Waals surface area contributed by atoms with E-state index >= 15 is 0 Å². The summed E-state index contributed by atoms with van der Waals surface area (Å²) in [5.41, 5.74) is 5.48. The molecule has 0 bridgehead atoms. The van der Waals surface area contributed by atoms with Crippen molar-refractivity contribution in [3.05, 3.63) is 0 Å². The van der Waals surface area contributed by atoms with Crippen LogP contribution in [-0.2, 0) is 19.2 Å². The van der Waals surface area contributed by atoms with Gasteiger partial charge >= 0.3 is 11.9 Å². The van der Waals surface area contributed by atoms with E-state index in [2.05, 4.69) is 10.6 Å². The molecule has 0 aromatic carbocycles. The first-order chi connectivity index (χ1) is 11.5. The lowest BCUT2D eigenvalue weighted by Gasteiger charge is -2.23. The van der Waals surface area contributed by atoms with Crippen LogP contribution < -0.4 is 16.4 Å². The molecule has 0 radical (unpaired) electrons. The largest absolute Gasteiger partial charge is 0.481 e. The Morgan fingerprint density at radius 2 is 1.48 bits per heavy atom. The van der Waals surface area contributed by atoms with Crippen molar-refractivity contribution in [1.82, 2.24) is 10.6 Å². The van der Waals surface area contributed by atoms with Crippen LogP contribution in [0, 0.1) is 5.92 Å². The lowest BCUT2D eigenvalue weighted by atomic mass is 10.0. The Morgan fingerprint density at radius 3 is 1.88 bits per heavy atom. The number of hydrogen-bond donors (Lipinski definition) is 6. The minimum Gasteiger partial charge on any atom is -0.481 e. The second-order valence-electron chi connectivity index (χ2n) is 6.29. The number of carbonyl (C=O) groups excluding carboxylic acids is 2. The molecule has 4 atom stereocenters. The average molecular weight is 361 g/mol. The number of carboxylic acids is 2. The van der Waals surface area contributed by atoms with E-state index in [1.165, 1.54) is 6.92 Å². The van der Waals surface area contributed by atoms with Crippen LogP contribution in [0.1, 0.15) is 40.0 Å². The summed E-state index contributed by atoms with van der Waals surface area (Å²) in [6, 6.07) is -3.74. The van der Waals surface area contributed by atoms with Crippen molar-refractivity contribution in [3.8, 4) is 0 Å². The number of nitrogens with one attached hydrogen (secondary N) is 2. The maximum atomic E-state index is 12.3. The maximum Gasteiger partial charge on any atom is 0.326 e. The molecule has 0 rings (SSSR count). The summed E-state index contributed by atoms with van der Waals surface area (Å²) in [5, 5.41) is 31.8. The smallest absolute Gasteiger partial charge is 0.326 e. The first kappa shape index (κ1) is 22.8. The first-order valence-electron chi connectivity index (χ1n) is 7.94. The van der Waals surface area contributed by atoms with Crippen LogP contribution in [-0.4, -0.2) is 63.3 Å². The standard InChI is InChI=1S/C15H27N3O7/c1-7(2)6-10(15(24)25)18-13(22)9(4-5-11(20)21)17-14(23)12(16)8(3)19/h7-10,12,19H,4-6,16H2,1-3H3,(H,17,23)(H,18,22)(H,20,21)(H,24,25). The molecular weight excluding hydrogens is 334 g/mol. The van der Waals surface area contributed by atoms with Crippen LogP contribution in [0.25, 0.3) is 0 Å².